The van der Waals surface area contributed by atoms with Gasteiger partial charge in [0.2, 0.25) is 0 Å². The third kappa shape index (κ3) is 4.01. The van der Waals surface area contributed by atoms with Gasteiger partial charge in [0.05, 0.1) is 12.1 Å². The van der Waals surface area contributed by atoms with Crippen LogP contribution in [-0.2, 0) is 11.2 Å². The minimum Gasteiger partial charge on any atom is -0.493 e. The van der Waals surface area contributed by atoms with Crippen LogP contribution in [0.15, 0.2) is 12.1 Å². The minimum absolute atomic E-state index is 0.329. The van der Waals surface area contributed by atoms with Gasteiger partial charge in [-0.05, 0) is 37.1 Å². The highest BCUT2D eigenvalue weighted by Crippen LogP contribution is 2.37. The molecule has 19 heavy (non-hydrogen) atoms. The molecule has 0 heterocycles. The van der Waals surface area contributed by atoms with Crippen molar-refractivity contribution in [1.82, 2.24) is 0 Å². The first-order chi connectivity index (χ1) is 9.03. The summed E-state index contributed by atoms with van der Waals surface area (Å²) in [6.07, 6.45) is 0.412. The van der Waals surface area contributed by atoms with Crippen LogP contribution in [0.5, 0.6) is 11.5 Å². The Morgan fingerprint density at radius 3 is 2.63 bits per heavy atom. The number of rotatable bonds is 7. The first kappa shape index (κ1) is 15.6. The molecule has 0 fully saturated rings. The van der Waals surface area contributed by atoms with Gasteiger partial charge in [0, 0.05) is 0 Å². The molecule has 1 aromatic carbocycles. The van der Waals surface area contributed by atoms with Crippen LogP contribution in [0.25, 0.3) is 0 Å². The topological polar surface area (TPSA) is 87.6 Å². The molecule has 0 spiro atoms. The Hall–Kier alpha value is -1.46. The van der Waals surface area contributed by atoms with E-state index in [4.69, 9.17) is 32.5 Å². The molecule has 0 saturated carbocycles. The average Bonchev–Trinajstić information content (AvgIpc) is 2.37. The van der Waals surface area contributed by atoms with E-state index in [1.54, 1.807) is 19.1 Å². The fraction of sp³-hybridized carbons (Fsp3) is 0.462. The lowest BCUT2D eigenvalue weighted by molar-refractivity contribution is -0.124. The van der Waals surface area contributed by atoms with Crippen molar-refractivity contribution in [3.63, 3.8) is 0 Å². The maximum Gasteiger partial charge on any atom is 0.258 e. The number of carbonyl (C=O) groups is 1. The van der Waals surface area contributed by atoms with Gasteiger partial charge in [-0.1, -0.05) is 18.5 Å². The summed E-state index contributed by atoms with van der Waals surface area (Å²) >= 11 is 6.16. The highest BCUT2D eigenvalue weighted by atomic mass is 35.5. The molecular formula is C13H19ClN2O3. The Kier molecular flexibility index (Phi) is 5.92. The number of primary amides is 1. The molecule has 0 aliphatic carbocycles. The van der Waals surface area contributed by atoms with E-state index in [0.29, 0.717) is 35.9 Å². The number of halogens is 1. The number of carbonyl (C=O) groups excluding carboxylic acids is 1. The van der Waals surface area contributed by atoms with E-state index in [-0.39, 0.29) is 0 Å². The van der Waals surface area contributed by atoms with Gasteiger partial charge < -0.3 is 20.9 Å². The second-order valence-corrected chi connectivity index (χ2v) is 4.47. The van der Waals surface area contributed by atoms with Crippen LogP contribution in [-0.4, -0.2) is 25.7 Å². The van der Waals surface area contributed by atoms with Crippen molar-refractivity contribution in [1.29, 1.82) is 0 Å². The molecule has 1 unspecified atom stereocenters. The third-order valence-electron chi connectivity index (χ3n) is 2.67. The van der Waals surface area contributed by atoms with E-state index < -0.39 is 12.0 Å². The molecule has 0 aliphatic heterocycles. The molecule has 1 rings (SSSR count). The molecule has 6 heteroatoms. The van der Waals surface area contributed by atoms with Crippen LogP contribution in [0.3, 0.4) is 0 Å². The van der Waals surface area contributed by atoms with Gasteiger partial charge in [-0.25, -0.2) is 0 Å². The van der Waals surface area contributed by atoms with Gasteiger partial charge in [0.1, 0.15) is 0 Å². The number of benzene rings is 1. The number of ether oxygens (including phenoxy) is 2. The molecule has 1 amide bonds. The SMILES string of the molecule is CCC(Oc1c(Cl)cc(CCN)cc1OC)C(N)=O. The lowest BCUT2D eigenvalue weighted by Gasteiger charge is -2.18. The smallest absolute Gasteiger partial charge is 0.258 e. The summed E-state index contributed by atoms with van der Waals surface area (Å²) in [4.78, 5) is 11.2. The van der Waals surface area contributed by atoms with Crippen molar-refractivity contribution in [2.24, 2.45) is 11.5 Å². The zero-order chi connectivity index (χ0) is 14.4. The fourth-order valence-electron chi connectivity index (χ4n) is 1.68. The minimum atomic E-state index is -0.730. The summed E-state index contributed by atoms with van der Waals surface area (Å²) < 4.78 is 10.8. The average molecular weight is 287 g/mol. The van der Waals surface area contributed by atoms with E-state index in [9.17, 15) is 4.79 Å². The Balaban J connectivity index is 3.08. The Morgan fingerprint density at radius 1 is 1.47 bits per heavy atom. The first-order valence-corrected chi connectivity index (χ1v) is 6.43. The molecule has 4 N–H and O–H groups in total. The summed E-state index contributed by atoms with van der Waals surface area (Å²) in [6, 6.07) is 3.54. The monoisotopic (exact) mass is 286 g/mol. The van der Waals surface area contributed by atoms with Crippen molar-refractivity contribution < 1.29 is 14.3 Å². The number of nitrogens with two attached hydrogens (primary N) is 2. The van der Waals surface area contributed by atoms with Crippen LogP contribution in [0.4, 0.5) is 0 Å². The number of hydrogen-bond acceptors (Lipinski definition) is 4. The third-order valence-corrected chi connectivity index (χ3v) is 2.95. The molecular weight excluding hydrogens is 268 g/mol. The normalized spacial score (nSPS) is 12.0. The van der Waals surface area contributed by atoms with E-state index >= 15 is 0 Å². The zero-order valence-electron chi connectivity index (χ0n) is 11.1. The van der Waals surface area contributed by atoms with Crippen LogP contribution in [0.2, 0.25) is 5.02 Å². The summed E-state index contributed by atoms with van der Waals surface area (Å²) in [5.41, 5.74) is 11.7. The lowest BCUT2D eigenvalue weighted by atomic mass is 10.1. The fourth-order valence-corrected chi connectivity index (χ4v) is 1.96. The van der Waals surface area contributed by atoms with Crippen molar-refractivity contribution in [3.8, 4) is 11.5 Å². The second kappa shape index (κ2) is 7.21. The number of methoxy groups -OCH3 is 1. The summed E-state index contributed by atoms with van der Waals surface area (Å²) in [7, 11) is 1.51. The molecule has 0 aromatic heterocycles. The molecule has 1 atom stereocenters. The summed E-state index contributed by atoms with van der Waals surface area (Å²) in [5, 5.41) is 0.377. The highest BCUT2D eigenvalue weighted by molar-refractivity contribution is 6.32. The summed E-state index contributed by atoms with van der Waals surface area (Å²) in [6.45, 7) is 2.32. The standard InChI is InChI=1S/C13H19ClN2O3/c1-3-10(13(16)17)19-12-9(14)6-8(4-5-15)7-11(12)18-2/h6-7,10H,3-5,15H2,1-2H3,(H2,16,17). The van der Waals surface area contributed by atoms with Crippen molar-refractivity contribution in [3.05, 3.63) is 22.7 Å². The van der Waals surface area contributed by atoms with Crippen LogP contribution in [0.1, 0.15) is 18.9 Å². The van der Waals surface area contributed by atoms with E-state index in [1.165, 1.54) is 7.11 Å². The number of hydrogen-bond donors (Lipinski definition) is 2. The molecule has 0 aliphatic rings. The predicted octanol–water partition coefficient (Wildman–Crippen LogP) is 1.49. The molecule has 1 aromatic rings. The molecule has 5 nitrogen and oxygen atoms in total. The van der Waals surface area contributed by atoms with E-state index in [2.05, 4.69) is 0 Å². The van der Waals surface area contributed by atoms with Gasteiger partial charge in [0.25, 0.3) is 5.91 Å². The predicted molar refractivity (Wildman–Crippen MR) is 74.7 cm³/mol. The molecule has 0 bridgehead atoms. The van der Waals surface area contributed by atoms with Gasteiger partial charge in [-0.15, -0.1) is 0 Å². The first-order valence-electron chi connectivity index (χ1n) is 6.05. The van der Waals surface area contributed by atoms with Gasteiger partial charge in [-0.2, -0.15) is 0 Å². The van der Waals surface area contributed by atoms with E-state index in [1.807, 2.05) is 0 Å². The van der Waals surface area contributed by atoms with Crippen molar-refractivity contribution in [2.75, 3.05) is 13.7 Å². The van der Waals surface area contributed by atoms with Gasteiger partial charge in [0.15, 0.2) is 17.6 Å². The largest absolute Gasteiger partial charge is 0.493 e. The zero-order valence-corrected chi connectivity index (χ0v) is 11.9. The molecule has 0 radical (unpaired) electrons. The molecule has 0 saturated heterocycles. The van der Waals surface area contributed by atoms with E-state index in [0.717, 1.165) is 5.56 Å². The number of amides is 1. The van der Waals surface area contributed by atoms with Crippen molar-refractivity contribution >= 4 is 17.5 Å². The second-order valence-electron chi connectivity index (χ2n) is 4.06. The Morgan fingerprint density at radius 2 is 2.16 bits per heavy atom. The maximum absolute atomic E-state index is 11.2. The van der Waals surface area contributed by atoms with Crippen LogP contribution < -0.4 is 20.9 Å². The van der Waals surface area contributed by atoms with Crippen molar-refractivity contribution in [2.45, 2.75) is 25.9 Å². The Labute approximate surface area is 117 Å². The summed E-state index contributed by atoms with van der Waals surface area (Å²) in [5.74, 6) is 0.262. The van der Waals surface area contributed by atoms with Gasteiger partial charge >= 0.3 is 0 Å². The quantitative estimate of drug-likeness (QED) is 0.795. The van der Waals surface area contributed by atoms with Crippen LogP contribution >= 0.6 is 11.6 Å². The Bertz CT molecular complexity index is 452. The molecule has 106 valence electrons. The lowest BCUT2D eigenvalue weighted by Crippen LogP contribution is -2.33. The maximum atomic E-state index is 11.2. The highest BCUT2D eigenvalue weighted by Gasteiger charge is 2.20. The van der Waals surface area contributed by atoms with Gasteiger partial charge in [-0.3, -0.25) is 4.79 Å². The van der Waals surface area contributed by atoms with Crippen LogP contribution in [0, 0.1) is 0 Å².